The summed E-state index contributed by atoms with van der Waals surface area (Å²) in [5.41, 5.74) is 0. The van der Waals surface area contributed by atoms with Crippen molar-refractivity contribution in [3.63, 3.8) is 0 Å². The standard InChI is InChI=1S/C18H31NO7/c20-17(21)8-10-23-12-14-25-15-13-24-11-9-19-18(22)26-16-6-4-2-1-3-5-7-16/h1-2,16H,3-15H2,(H,19,22)(H,20,21)/b2-1+. The van der Waals surface area contributed by atoms with E-state index in [0.717, 1.165) is 32.1 Å². The van der Waals surface area contributed by atoms with Gasteiger partial charge in [0.25, 0.3) is 0 Å². The summed E-state index contributed by atoms with van der Waals surface area (Å²) in [7, 11) is 0. The van der Waals surface area contributed by atoms with Gasteiger partial charge in [-0.1, -0.05) is 12.2 Å². The van der Waals surface area contributed by atoms with Gasteiger partial charge in [0, 0.05) is 6.54 Å². The van der Waals surface area contributed by atoms with E-state index < -0.39 is 12.1 Å². The first-order valence-corrected chi connectivity index (χ1v) is 9.23. The van der Waals surface area contributed by atoms with Gasteiger partial charge in [0.2, 0.25) is 0 Å². The Morgan fingerprint density at radius 1 is 0.923 bits per heavy atom. The van der Waals surface area contributed by atoms with E-state index in [2.05, 4.69) is 17.5 Å². The smallest absolute Gasteiger partial charge is 0.407 e. The van der Waals surface area contributed by atoms with Crippen molar-refractivity contribution in [2.45, 2.75) is 44.6 Å². The first-order valence-electron chi connectivity index (χ1n) is 9.23. The van der Waals surface area contributed by atoms with E-state index in [4.69, 9.17) is 24.1 Å². The van der Waals surface area contributed by atoms with Crippen molar-refractivity contribution < 1.29 is 33.6 Å². The van der Waals surface area contributed by atoms with Crippen LogP contribution in [0.25, 0.3) is 0 Å². The summed E-state index contributed by atoms with van der Waals surface area (Å²) in [6.07, 6.45) is 8.75. The molecule has 8 heteroatoms. The highest BCUT2D eigenvalue weighted by molar-refractivity contribution is 5.67. The third kappa shape index (κ3) is 13.6. The molecule has 1 rings (SSSR count). The van der Waals surface area contributed by atoms with E-state index in [9.17, 15) is 9.59 Å². The summed E-state index contributed by atoms with van der Waals surface area (Å²) >= 11 is 0. The summed E-state index contributed by atoms with van der Waals surface area (Å²) in [6.45, 7) is 2.56. The Hall–Kier alpha value is -1.64. The quantitative estimate of drug-likeness (QED) is 0.376. The number of carbonyl (C=O) groups excluding carboxylic acids is 1. The molecule has 0 spiro atoms. The van der Waals surface area contributed by atoms with Crippen molar-refractivity contribution in [2.75, 3.05) is 46.2 Å². The highest BCUT2D eigenvalue weighted by atomic mass is 16.6. The zero-order chi connectivity index (χ0) is 18.9. The topological polar surface area (TPSA) is 103 Å². The summed E-state index contributed by atoms with van der Waals surface area (Å²) < 4.78 is 21.1. The van der Waals surface area contributed by atoms with Gasteiger partial charge in [-0.25, -0.2) is 4.79 Å². The third-order valence-corrected chi connectivity index (χ3v) is 3.71. The summed E-state index contributed by atoms with van der Waals surface area (Å²) in [5, 5.41) is 11.1. The number of hydrogen-bond acceptors (Lipinski definition) is 6. The van der Waals surface area contributed by atoms with Gasteiger partial charge in [-0.05, 0) is 32.1 Å². The molecule has 150 valence electrons. The molecule has 1 atom stereocenters. The second-order valence-corrected chi connectivity index (χ2v) is 5.91. The third-order valence-electron chi connectivity index (χ3n) is 3.71. The van der Waals surface area contributed by atoms with Crippen molar-refractivity contribution in [1.82, 2.24) is 5.32 Å². The minimum Gasteiger partial charge on any atom is -0.481 e. The van der Waals surface area contributed by atoms with Gasteiger partial charge in [-0.3, -0.25) is 4.79 Å². The Bertz CT molecular complexity index is 414. The Balaban J connectivity index is 1.85. The van der Waals surface area contributed by atoms with E-state index in [1.165, 1.54) is 0 Å². The lowest BCUT2D eigenvalue weighted by Crippen LogP contribution is -2.31. The molecule has 0 aromatic heterocycles. The van der Waals surface area contributed by atoms with Crippen molar-refractivity contribution in [2.24, 2.45) is 0 Å². The van der Waals surface area contributed by atoms with Crippen molar-refractivity contribution in [3.05, 3.63) is 12.2 Å². The fourth-order valence-electron chi connectivity index (χ4n) is 2.36. The number of alkyl carbamates (subject to hydrolysis) is 1. The molecular weight excluding hydrogens is 342 g/mol. The molecule has 0 saturated carbocycles. The molecule has 0 heterocycles. The molecule has 1 unspecified atom stereocenters. The van der Waals surface area contributed by atoms with E-state index in [0.29, 0.717) is 39.6 Å². The molecule has 1 aliphatic carbocycles. The first kappa shape index (κ1) is 22.4. The number of ether oxygens (including phenoxy) is 4. The maximum absolute atomic E-state index is 11.7. The predicted molar refractivity (Wildman–Crippen MR) is 95.2 cm³/mol. The number of allylic oxidation sites excluding steroid dienone is 2. The molecule has 0 aromatic rings. The summed E-state index contributed by atoms with van der Waals surface area (Å²) in [5.74, 6) is -0.876. The van der Waals surface area contributed by atoms with E-state index in [1.54, 1.807) is 0 Å². The minimum atomic E-state index is -0.876. The Morgan fingerprint density at radius 3 is 2.31 bits per heavy atom. The maximum Gasteiger partial charge on any atom is 0.407 e. The Labute approximate surface area is 154 Å². The van der Waals surface area contributed by atoms with Crippen molar-refractivity contribution in [3.8, 4) is 0 Å². The molecule has 1 amide bonds. The molecule has 0 saturated heterocycles. The largest absolute Gasteiger partial charge is 0.481 e. The molecule has 0 fully saturated rings. The second kappa shape index (κ2) is 15.6. The molecule has 0 bridgehead atoms. The zero-order valence-electron chi connectivity index (χ0n) is 15.3. The van der Waals surface area contributed by atoms with Crippen LogP contribution in [0.3, 0.4) is 0 Å². The van der Waals surface area contributed by atoms with Crippen molar-refractivity contribution >= 4 is 12.1 Å². The second-order valence-electron chi connectivity index (χ2n) is 5.91. The van der Waals surface area contributed by atoms with Gasteiger partial charge in [0.15, 0.2) is 0 Å². The highest BCUT2D eigenvalue weighted by Crippen LogP contribution is 2.15. The van der Waals surface area contributed by atoms with Gasteiger partial charge in [0.05, 0.1) is 46.1 Å². The molecule has 0 radical (unpaired) electrons. The van der Waals surface area contributed by atoms with Crippen LogP contribution < -0.4 is 5.32 Å². The lowest BCUT2D eigenvalue weighted by atomic mass is 10.0. The molecule has 0 aliphatic heterocycles. The van der Waals surface area contributed by atoms with Crippen LogP contribution >= 0.6 is 0 Å². The van der Waals surface area contributed by atoms with Gasteiger partial charge in [0.1, 0.15) is 6.10 Å². The molecule has 1 aliphatic rings. The number of hydrogen-bond donors (Lipinski definition) is 2. The van der Waals surface area contributed by atoms with Crippen LogP contribution in [0.15, 0.2) is 12.2 Å². The maximum atomic E-state index is 11.7. The van der Waals surface area contributed by atoms with Crippen LogP contribution in [0.1, 0.15) is 38.5 Å². The van der Waals surface area contributed by atoms with Crippen molar-refractivity contribution in [1.29, 1.82) is 0 Å². The molecular formula is C18H31NO7. The summed E-state index contributed by atoms with van der Waals surface area (Å²) in [6, 6.07) is 0. The van der Waals surface area contributed by atoms with Gasteiger partial charge >= 0.3 is 12.1 Å². The summed E-state index contributed by atoms with van der Waals surface area (Å²) in [4.78, 5) is 22.0. The number of rotatable bonds is 13. The van der Waals surface area contributed by atoms with Crippen LogP contribution in [0.5, 0.6) is 0 Å². The van der Waals surface area contributed by atoms with E-state index >= 15 is 0 Å². The van der Waals surface area contributed by atoms with Crippen LogP contribution in [0.2, 0.25) is 0 Å². The minimum absolute atomic E-state index is 0.00363. The van der Waals surface area contributed by atoms with Crippen LogP contribution in [-0.2, 0) is 23.7 Å². The molecule has 2 N–H and O–H groups in total. The number of nitrogens with one attached hydrogen (secondary N) is 1. The fraction of sp³-hybridized carbons (Fsp3) is 0.778. The molecule has 8 nitrogen and oxygen atoms in total. The Morgan fingerprint density at radius 2 is 1.58 bits per heavy atom. The van der Waals surface area contributed by atoms with E-state index in [1.807, 2.05) is 0 Å². The normalized spacial score (nSPS) is 18.5. The monoisotopic (exact) mass is 373 g/mol. The van der Waals surface area contributed by atoms with Crippen LogP contribution in [0, 0.1) is 0 Å². The number of carboxylic acids is 1. The predicted octanol–water partition coefficient (Wildman–Crippen LogP) is 2.13. The van der Waals surface area contributed by atoms with Gasteiger partial charge in [-0.2, -0.15) is 0 Å². The average Bonchev–Trinajstić information content (AvgIpc) is 2.58. The fourth-order valence-corrected chi connectivity index (χ4v) is 2.36. The van der Waals surface area contributed by atoms with E-state index in [-0.39, 0.29) is 19.1 Å². The van der Waals surface area contributed by atoms with Gasteiger partial charge in [-0.15, -0.1) is 0 Å². The number of amides is 1. The lowest BCUT2D eigenvalue weighted by Gasteiger charge is -2.18. The number of carbonyl (C=O) groups is 2. The first-order chi connectivity index (χ1) is 12.7. The molecule has 0 aromatic carbocycles. The van der Waals surface area contributed by atoms with Crippen LogP contribution in [-0.4, -0.2) is 69.5 Å². The Kier molecular flexibility index (Phi) is 13.4. The van der Waals surface area contributed by atoms with Crippen LogP contribution in [0.4, 0.5) is 4.79 Å². The van der Waals surface area contributed by atoms with Gasteiger partial charge < -0.3 is 29.4 Å². The lowest BCUT2D eigenvalue weighted by molar-refractivity contribution is -0.138. The average molecular weight is 373 g/mol. The SMILES string of the molecule is O=C(O)CCOCCOCCOCCNC(=O)OC1CC/C=C/CCC1. The zero-order valence-corrected chi connectivity index (χ0v) is 15.3. The molecule has 26 heavy (non-hydrogen) atoms. The number of aliphatic carboxylic acids is 1. The highest BCUT2D eigenvalue weighted by Gasteiger charge is 2.14. The number of carboxylic acid groups (broad SMARTS) is 1.